The predicted octanol–water partition coefficient (Wildman–Crippen LogP) is 2.53. The van der Waals surface area contributed by atoms with E-state index < -0.39 is 4.92 Å². The molecular weight excluding hydrogens is 284 g/mol. The molecule has 1 aromatic carbocycles. The maximum atomic E-state index is 11.8. The van der Waals surface area contributed by atoms with Crippen molar-refractivity contribution in [3.8, 4) is 0 Å². The number of nitrogens with zero attached hydrogens (tertiary/aromatic N) is 1. The molecule has 0 saturated carbocycles. The Morgan fingerprint density at radius 3 is 2.65 bits per heavy atom. The number of hydrogen-bond acceptors (Lipinski definition) is 4. The van der Waals surface area contributed by atoms with Crippen molar-refractivity contribution in [3.63, 3.8) is 0 Å². The number of unbranched alkanes of at least 4 members (excludes halogenated alkanes) is 3. The van der Waals surface area contributed by atoms with E-state index in [1.807, 2.05) is 0 Å². The minimum absolute atomic E-state index is 0.00977. The highest BCUT2D eigenvalue weighted by Gasteiger charge is 2.15. The molecule has 0 aliphatic heterocycles. The fourth-order valence-corrected chi connectivity index (χ4v) is 1.87. The Balaban J connectivity index is 2.47. The number of nitro benzene ring substituents is 1. The van der Waals surface area contributed by atoms with Crippen LogP contribution in [-0.2, 0) is 0 Å². The van der Waals surface area contributed by atoms with E-state index in [1.54, 1.807) is 0 Å². The molecule has 0 fully saturated rings. The lowest BCUT2D eigenvalue weighted by atomic mass is 10.1. The number of aliphatic hydroxyl groups is 1. The zero-order valence-corrected chi connectivity index (χ0v) is 11.7. The number of rotatable bonds is 8. The summed E-state index contributed by atoms with van der Waals surface area (Å²) in [5, 5.41) is 22.0. The van der Waals surface area contributed by atoms with E-state index in [1.165, 1.54) is 18.2 Å². The van der Waals surface area contributed by atoms with Gasteiger partial charge in [-0.15, -0.1) is 0 Å². The van der Waals surface area contributed by atoms with Crippen LogP contribution in [0.2, 0.25) is 5.02 Å². The number of aliphatic hydroxyl groups excluding tert-OH is 1. The Morgan fingerprint density at radius 2 is 2.00 bits per heavy atom. The number of benzene rings is 1. The number of hydrogen-bond donors (Lipinski definition) is 2. The highest BCUT2D eigenvalue weighted by atomic mass is 35.5. The van der Waals surface area contributed by atoms with Crippen LogP contribution in [0.25, 0.3) is 0 Å². The van der Waals surface area contributed by atoms with E-state index in [-0.39, 0.29) is 28.8 Å². The lowest BCUT2D eigenvalue weighted by Gasteiger charge is -2.05. The van der Waals surface area contributed by atoms with Crippen LogP contribution in [0.15, 0.2) is 18.2 Å². The average Bonchev–Trinajstić information content (AvgIpc) is 2.42. The first kappa shape index (κ1) is 16.4. The summed E-state index contributed by atoms with van der Waals surface area (Å²) in [6.07, 6.45) is 3.40. The Morgan fingerprint density at radius 1 is 1.30 bits per heavy atom. The highest BCUT2D eigenvalue weighted by Crippen LogP contribution is 2.24. The van der Waals surface area contributed by atoms with Crippen molar-refractivity contribution < 1.29 is 14.8 Å². The molecule has 0 unspecified atom stereocenters. The Labute approximate surface area is 121 Å². The third-order valence-electron chi connectivity index (χ3n) is 2.78. The summed E-state index contributed by atoms with van der Waals surface area (Å²) in [6.45, 7) is 0.682. The molecule has 0 aliphatic carbocycles. The van der Waals surface area contributed by atoms with Crippen molar-refractivity contribution in [2.24, 2.45) is 0 Å². The highest BCUT2D eigenvalue weighted by molar-refractivity contribution is 6.32. The minimum Gasteiger partial charge on any atom is -0.396 e. The van der Waals surface area contributed by atoms with E-state index in [0.717, 1.165) is 25.7 Å². The van der Waals surface area contributed by atoms with Crippen molar-refractivity contribution >= 4 is 23.2 Å². The van der Waals surface area contributed by atoms with Gasteiger partial charge in [-0.3, -0.25) is 14.9 Å². The molecule has 6 nitrogen and oxygen atoms in total. The molecule has 0 radical (unpaired) electrons. The molecule has 7 heteroatoms. The summed E-state index contributed by atoms with van der Waals surface area (Å²) in [7, 11) is 0. The van der Waals surface area contributed by atoms with E-state index in [4.69, 9.17) is 16.7 Å². The van der Waals surface area contributed by atoms with Gasteiger partial charge in [-0.1, -0.05) is 24.4 Å². The normalized spacial score (nSPS) is 10.3. The summed E-state index contributed by atoms with van der Waals surface area (Å²) < 4.78 is 0. The Hall–Kier alpha value is -1.66. The smallest absolute Gasteiger partial charge is 0.288 e. The fraction of sp³-hybridized carbons (Fsp3) is 0.462. The van der Waals surface area contributed by atoms with Crippen LogP contribution in [0.3, 0.4) is 0 Å². The number of halogens is 1. The van der Waals surface area contributed by atoms with Crippen LogP contribution in [0.1, 0.15) is 36.0 Å². The first-order valence-corrected chi connectivity index (χ1v) is 6.77. The van der Waals surface area contributed by atoms with Gasteiger partial charge in [0.2, 0.25) is 0 Å². The predicted molar refractivity (Wildman–Crippen MR) is 76.0 cm³/mol. The van der Waals surface area contributed by atoms with Gasteiger partial charge in [0.25, 0.3) is 11.6 Å². The molecule has 1 rings (SSSR count). The Kier molecular flexibility index (Phi) is 6.97. The molecule has 0 aliphatic rings. The van der Waals surface area contributed by atoms with E-state index in [2.05, 4.69) is 5.32 Å². The van der Waals surface area contributed by atoms with Gasteiger partial charge in [0.15, 0.2) is 0 Å². The van der Waals surface area contributed by atoms with Gasteiger partial charge in [-0.25, -0.2) is 0 Å². The summed E-state index contributed by atoms with van der Waals surface area (Å²) >= 11 is 5.68. The molecule has 20 heavy (non-hydrogen) atoms. The van der Waals surface area contributed by atoms with Crippen LogP contribution < -0.4 is 5.32 Å². The quantitative estimate of drug-likeness (QED) is 0.438. The van der Waals surface area contributed by atoms with Crippen molar-refractivity contribution in [1.29, 1.82) is 0 Å². The first-order valence-electron chi connectivity index (χ1n) is 6.39. The third kappa shape index (κ3) is 5.14. The van der Waals surface area contributed by atoms with E-state index in [0.29, 0.717) is 6.54 Å². The number of carbonyl (C=O) groups is 1. The third-order valence-corrected chi connectivity index (χ3v) is 3.10. The molecule has 0 aromatic heterocycles. The second-order valence-corrected chi connectivity index (χ2v) is 4.72. The van der Waals surface area contributed by atoms with Gasteiger partial charge >= 0.3 is 0 Å². The van der Waals surface area contributed by atoms with Crippen LogP contribution in [0.5, 0.6) is 0 Å². The molecule has 2 N–H and O–H groups in total. The number of carbonyl (C=O) groups excluding carboxylic acids is 1. The number of amides is 1. The summed E-state index contributed by atoms with van der Waals surface area (Å²) in [5.74, 6) is -0.355. The molecule has 0 saturated heterocycles. The standard InChI is InChI=1S/C13H17ClN2O4/c14-11-6-5-10(9-12(11)16(19)20)13(18)15-7-3-1-2-4-8-17/h5-6,9,17H,1-4,7-8H2,(H,15,18). The lowest BCUT2D eigenvalue weighted by Crippen LogP contribution is -2.24. The molecule has 0 heterocycles. The van der Waals surface area contributed by atoms with Crippen molar-refractivity contribution in [1.82, 2.24) is 5.32 Å². The van der Waals surface area contributed by atoms with Gasteiger partial charge in [0.1, 0.15) is 5.02 Å². The molecule has 0 atom stereocenters. The molecule has 0 bridgehead atoms. The van der Waals surface area contributed by atoms with Crippen LogP contribution in [-0.4, -0.2) is 29.1 Å². The van der Waals surface area contributed by atoms with Crippen molar-refractivity contribution in [2.45, 2.75) is 25.7 Å². The monoisotopic (exact) mass is 300 g/mol. The topological polar surface area (TPSA) is 92.5 Å². The second-order valence-electron chi connectivity index (χ2n) is 4.32. The molecule has 1 aromatic rings. The number of nitro groups is 1. The molecule has 110 valence electrons. The minimum atomic E-state index is -0.617. The Bertz CT molecular complexity index is 479. The van der Waals surface area contributed by atoms with Gasteiger partial charge in [0.05, 0.1) is 4.92 Å². The zero-order valence-electron chi connectivity index (χ0n) is 11.0. The first-order chi connectivity index (χ1) is 9.56. The summed E-state index contributed by atoms with van der Waals surface area (Å²) in [4.78, 5) is 21.9. The van der Waals surface area contributed by atoms with Crippen molar-refractivity contribution in [2.75, 3.05) is 13.2 Å². The molecule has 0 spiro atoms. The van der Waals surface area contributed by atoms with Crippen LogP contribution >= 0.6 is 11.6 Å². The van der Waals surface area contributed by atoms with Crippen LogP contribution in [0.4, 0.5) is 5.69 Å². The fourth-order valence-electron chi connectivity index (χ4n) is 1.69. The average molecular weight is 301 g/mol. The van der Waals surface area contributed by atoms with E-state index in [9.17, 15) is 14.9 Å². The summed E-state index contributed by atoms with van der Waals surface area (Å²) in [6, 6.07) is 3.97. The lowest BCUT2D eigenvalue weighted by molar-refractivity contribution is -0.384. The zero-order chi connectivity index (χ0) is 15.0. The SMILES string of the molecule is O=C(NCCCCCCO)c1ccc(Cl)c([N+](=O)[O-])c1. The van der Waals surface area contributed by atoms with Gasteiger partial charge < -0.3 is 10.4 Å². The maximum absolute atomic E-state index is 11.8. The van der Waals surface area contributed by atoms with Crippen LogP contribution in [0, 0.1) is 10.1 Å². The largest absolute Gasteiger partial charge is 0.396 e. The van der Waals surface area contributed by atoms with E-state index >= 15 is 0 Å². The number of nitrogens with one attached hydrogen (secondary N) is 1. The van der Waals surface area contributed by atoms with Gasteiger partial charge in [-0.05, 0) is 25.0 Å². The maximum Gasteiger partial charge on any atom is 0.288 e. The summed E-state index contributed by atoms with van der Waals surface area (Å²) in [5.41, 5.74) is -0.0567. The second kappa shape index (κ2) is 8.50. The van der Waals surface area contributed by atoms with Gasteiger partial charge in [-0.2, -0.15) is 0 Å². The van der Waals surface area contributed by atoms with Gasteiger partial charge in [0, 0.05) is 24.8 Å². The molecule has 1 amide bonds. The van der Waals surface area contributed by atoms with Crippen molar-refractivity contribution in [3.05, 3.63) is 38.9 Å². The molecular formula is C13H17ClN2O4.